The third-order valence-corrected chi connectivity index (χ3v) is 7.76. The number of hydrogen-bond donors (Lipinski definition) is 1. The van der Waals surface area contributed by atoms with Gasteiger partial charge in [0.25, 0.3) is 5.91 Å². The molecule has 2 aromatic rings. The average Bonchev–Trinajstić information content (AvgIpc) is 3.40. The molecule has 0 atom stereocenters. The van der Waals surface area contributed by atoms with E-state index < -0.39 is 28.5 Å². The Morgan fingerprint density at radius 2 is 1.79 bits per heavy atom. The van der Waals surface area contributed by atoms with Gasteiger partial charge in [0.1, 0.15) is 5.76 Å². The first-order chi connectivity index (χ1) is 16.4. The molecule has 2 aliphatic heterocycles. The van der Waals surface area contributed by atoms with Gasteiger partial charge in [-0.25, -0.2) is 13.2 Å². The molecule has 0 saturated carbocycles. The van der Waals surface area contributed by atoms with Crippen molar-refractivity contribution in [3.05, 3.63) is 47.9 Å². The lowest BCUT2D eigenvalue weighted by molar-refractivity contribution is -0.124. The summed E-state index contributed by atoms with van der Waals surface area (Å²) in [5.74, 6) is -0.651. The van der Waals surface area contributed by atoms with E-state index >= 15 is 0 Å². The Morgan fingerprint density at radius 1 is 1.03 bits per heavy atom. The van der Waals surface area contributed by atoms with Crippen molar-refractivity contribution in [2.75, 3.05) is 50.9 Å². The summed E-state index contributed by atoms with van der Waals surface area (Å²) in [6.07, 6.45) is 4.58. The molecule has 10 nitrogen and oxygen atoms in total. The summed E-state index contributed by atoms with van der Waals surface area (Å²) >= 11 is 0. The number of morpholine rings is 1. The standard InChI is InChI=1S/C23H29N3O7S/c27-22(24-16-18-5-4-12-32-18)17-33-23(28)20-15-19(34(29,30)26-10-13-31-14-11-26)6-7-21(20)25-8-2-1-3-9-25/h4-7,12,15H,1-3,8-11,13-14,16-17H2,(H,24,27). The number of hydrogen-bond acceptors (Lipinski definition) is 8. The predicted molar refractivity (Wildman–Crippen MR) is 123 cm³/mol. The van der Waals surface area contributed by atoms with Crippen LogP contribution < -0.4 is 10.2 Å². The van der Waals surface area contributed by atoms with Crippen LogP contribution in [0.4, 0.5) is 5.69 Å². The first-order valence-electron chi connectivity index (χ1n) is 11.4. The van der Waals surface area contributed by atoms with Gasteiger partial charge in [0.05, 0.1) is 42.2 Å². The number of nitrogens with one attached hydrogen (secondary N) is 1. The van der Waals surface area contributed by atoms with Gasteiger partial charge >= 0.3 is 5.97 Å². The topological polar surface area (TPSA) is 118 Å². The second kappa shape index (κ2) is 11.0. The number of rotatable bonds is 8. The van der Waals surface area contributed by atoms with E-state index in [1.165, 1.54) is 22.7 Å². The van der Waals surface area contributed by atoms with Crippen LogP contribution in [0.15, 0.2) is 45.9 Å². The van der Waals surface area contributed by atoms with Crippen LogP contribution in [0.1, 0.15) is 35.4 Å². The molecule has 4 rings (SSSR count). The number of ether oxygens (including phenoxy) is 2. The molecule has 2 saturated heterocycles. The Balaban J connectivity index is 1.51. The second-order valence-corrected chi connectivity index (χ2v) is 10.1. The third kappa shape index (κ3) is 5.78. The van der Waals surface area contributed by atoms with Crippen molar-refractivity contribution < 1.29 is 31.9 Å². The SMILES string of the molecule is O=C(COC(=O)c1cc(S(=O)(=O)N2CCOCC2)ccc1N1CCCCC1)NCc1ccco1. The number of furan rings is 1. The molecule has 0 radical (unpaired) electrons. The maximum Gasteiger partial charge on any atom is 0.340 e. The summed E-state index contributed by atoms with van der Waals surface area (Å²) in [7, 11) is -3.79. The van der Waals surface area contributed by atoms with Crippen LogP contribution in [0, 0.1) is 0 Å². The van der Waals surface area contributed by atoms with E-state index in [1.807, 2.05) is 0 Å². The van der Waals surface area contributed by atoms with E-state index in [0.29, 0.717) is 24.7 Å². The summed E-state index contributed by atoms with van der Waals surface area (Å²) in [5.41, 5.74) is 0.747. The van der Waals surface area contributed by atoms with Gasteiger partial charge in [-0.1, -0.05) is 0 Å². The molecule has 3 heterocycles. The molecular formula is C23H29N3O7S. The molecule has 34 heavy (non-hydrogen) atoms. The van der Waals surface area contributed by atoms with Gasteiger partial charge in [0.15, 0.2) is 6.61 Å². The number of esters is 1. The molecule has 2 aliphatic rings. The molecule has 11 heteroatoms. The van der Waals surface area contributed by atoms with Crippen LogP contribution in [-0.2, 0) is 30.8 Å². The minimum absolute atomic E-state index is 0.0179. The van der Waals surface area contributed by atoms with Crippen LogP contribution >= 0.6 is 0 Å². The van der Waals surface area contributed by atoms with Gasteiger partial charge in [0.2, 0.25) is 10.0 Å². The van der Waals surface area contributed by atoms with Crippen molar-refractivity contribution in [2.45, 2.75) is 30.7 Å². The quantitative estimate of drug-likeness (QED) is 0.555. The molecule has 0 unspecified atom stereocenters. The van der Waals surface area contributed by atoms with E-state index in [9.17, 15) is 18.0 Å². The maximum atomic E-state index is 13.1. The van der Waals surface area contributed by atoms with Gasteiger partial charge < -0.3 is 24.1 Å². The van der Waals surface area contributed by atoms with Gasteiger partial charge in [0, 0.05) is 26.2 Å². The minimum atomic E-state index is -3.79. The highest BCUT2D eigenvalue weighted by Gasteiger charge is 2.29. The zero-order chi connectivity index (χ0) is 24.0. The molecule has 1 amide bonds. The van der Waals surface area contributed by atoms with Crippen molar-refractivity contribution >= 4 is 27.6 Å². The molecular weight excluding hydrogens is 462 g/mol. The number of piperidine rings is 1. The van der Waals surface area contributed by atoms with Crippen LogP contribution in [0.25, 0.3) is 0 Å². The average molecular weight is 492 g/mol. The Hall–Kier alpha value is -2.89. The first kappa shape index (κ1) is 24.2. The largest absolute Gasteiger partial charge is 0.467 e. The Morgan fingerprint density at radius 3 is 2.50 bits per heavy atom. The number of nitrogens with zero attached hydrogens (tertiary/aromatic N) is 2. The van der Waals surface area contributed by atoms with Crippen LogP contribution in [0.2, 0.25) is 0 Å². The third-order valence-electron chi connectivity index (χ3n) is 5.87. The molecule has 1 aromatic heterocycles. The van der Waals surface area contributed by atoms with E-state index in [-0.39, 0.29) is 30.1 Å². The Labute approximate surface area is 198 Å². The van der Waals surface area contributed by atoms with Crippen LogP contribution in [-0.4, -0.2) is 70.6 Å². The monoisotopic (exact) mass is 491 g/mol. The van der Waals surface area contributed by atoms with Crippen molar-refractivity contribution in [2.24, 2.45) is 0 Å². The fourth-order valence-electron chi connectivity index (χ4n) is 4.04. The number of amides is 1. The molecule has 184 valence electrons. The zero-order valence-electron chi connectivity index (χ0n) is 18.9. The van der Waals surface area contributed by atoms with Gasteiger partial charge in [-0.05, 0) is 49.6 Å². The molecule has 0 spiro atoms. The highest BCUT2D eigenvalue weighted by atomic mass is 32.2. The minimum Gasteiger partial charge on any atom is -0.467 e. The van der Waals surface area contributed by atoms with Gasteiger partial charge in [-0.2, -0.15) is 4.31 Å². The molecule has 2 fully saturated rings. The maximum absolute atomic E-state index is 13.1. The zero-order valence-corrected chi connectivity index (χ0v) is 19.7. The van der Waals surface area contributed by atoms with Crippen LogP contribution in [0.3, 0.4) is 0 Å². The lowest BCUT2D eigenvalue weighted by Gasteiger charge is -2.31. The molecule has 0 bridgehead atoms. The number of carbonyl (C=O) groups is 2. The highest BCUT2D eigenvalue weighted by Crippen LogP contribution is 2.29. The fourth-order valence-corrected chi connectivity index (χ4v) is 5.48. The second-order valence-electron chi connectivity index (χ2n) is 8.18. The van der Waals surface area contributed by atoms with Crippen molar-refractivity contribution in [1.29, 1.82) is 0 Å². The summed E-state index contributed by atoms with van der Waals surface area (Å²) in [6.45, 7) is 2.38. The van der Waals surface area contributed by atoms with Crippen molar-refractivity contribution in [1.82, 2.24) is 9.62 Å². The van der Waals surface area contributed by atoms with Crippen LogP contribution in [0.5, 0.6) is 0 Å². The number of anilines is 1. The lowest BCUT2D eigenvalue weighted by atomic mass is 10.1. The van der Waals surface area contributed by atoms with E-state index in [0.717, 1.165) is 32.4 Å². The van der Waals surface area contributed by atoms with Crippen molar-refractivity contribution in [3.63, 3.8) is 0 Å². The van der Waals surface area contributed by atoms with E-state index in [2.05, 4.69) is 10.2 Å². The summed E-state index contributed by atoms with van der Waals surface area (Å²) in [5, 5.41) is 2.61. The lowest BCUT2D eigenvalue weighted by Crippen LogP contribution is -2.40. The van der Waals surface area contributed by atoms with E-state index in [1.54, 1.807) is 18.2 Å². The molecule has 1 N–H and O–H groups in total. The van der Waals surface area contributed by atoms with E-state index in [4.69, 9.17) is 13.9 Å². The summed E-state index contributed by atoms with van der Waals surface area (Å²) in [6, 6.07) is 7.98. The normalized spacial score (nSPS) is 17.4. The summed E-state index contributed by atoms with van der Waals surface area (Å²) < 4.78 is 43.3. The summed E-state index contributed by atoms with van der Waals surface area (Å²) in [4.78, 5) is 27.2. The Kier molecular flexibility index (Phi) is 7.86. The predicted octanol–water partition coefficient (Wildman–Crippen LogP) is 1.76. The molecule has 1 aromatic carbocycles. The first-order valence-corrected chi connectivity index (χ1v) is 12.8. The Bertz CT molecular complexity index is 1090. The smallest absolute Gasteiger partial charge is 0.340 e. The van der Waals surface area contributed by atoms with Gasteiger partial charge in [-0.15, -0.1) is 0 Å². The molecule has 0 aliphatic carbocycles. The number of sulfonamides is 1. The van der Waals surface area contributed by atoms with Gasteiger partial charge in [-0.3, -0.25) is 4.79 Å². The number of benzene rings is 1. The fraction of sp³-hybridized carbons (Fsp3) is 0.478. The number of carbonyl (C=O) groups excluding carboxylic acids is 2. The van der Waals surface area contributed by atoms with Crippen molar-refractivity contribution in [3.8, 4) is 0 Å². The highest BCUT2D eigenvalue weighted by molar-refractivity contribution is 7.89.